The van der Waals surface area contributed by atoms with Gasteiger partial charge in [0.25, 0.3) is 5.91 Å². The van der Waals surface area contributed by atoms with E-state index in [9.17, 15) is 19.1 Å². The van der Waals surface area contributed by atoms with E-state index >= 15 is 0 Å². The first-order chi connectivity index (χ1) is 12.9. The molecule has 1 amide bonds. The number of aliphatic hydroxyl groups is 1. The number of methoxy groups -OCH3 is 1. The van der Waals surface area contributed by atoms with E-state index < -0.39 is 17.9 Å². The molecule has 7 nitrogen and oxygen atoms in total. The fourth-order valence-corrected chi connectivity index (χ4v) is 3.23. The summed E-state index contributed by atoms with van der Waals surface area (Å²) in [6.07, 6.45) is -0.244. The van der Waals surface area contributed by atoms with Crippen LogP contribution in [0.1, 0.15) is 29.1 Å². The number of amides is 1. The van der Waals surface area contributed by atoms with Crippen molar-refractivity contribution < 1.29 is 28.2 Å². The molecule has 3 rings (SSSR count). The van der Waals surface area contributed by atoms with Crippen molar-refractivity contribution in [3.8, 4) is 11.5 Å². The van der Waals surface area contributed by atoms with Gasteiger partial charge in [0.1, 0.15) is 11.6 Å². The maximum Gasteiger partial charge on any atom is 0.334 e. The molecule has 1 aromatic carbocycles. The van der Waals surface area contributed by atoms with Crippen LogP contribution in [0.15, 0.2) is 28.7 Å². The minimum atomic E-state index is -1.19. The lowest BCUT2D eigenvalue weighted by Gasteiger charge is -2.33. The molecular weight excluding hydrogens is 355 g/mol. The Bertz CT molecular complexity index is 842. The third kappa shape index (κ3) is 3.85. The Morgan fingerprint density at radius 1 is 1.33 bits per heavy atom. The lowest BCUT2D eigenvalue weighted by Crippen LogP contribution is -2.43. The molecule has 0 unspecified atom stereocenters. The van der Waals surface area contributed by atoms with Crippen molar-refractivity contribution in [2.24, 2.45) is 5.92 Å². The fraction of sp³-hybridized carbons (Fsp3) is 0.421. The Hall–Kier alpha value is -2.74. The maximum absolute atomic E-state index is 13.9. The number of rotatable bonds is 4. The molecular formula is C19H21FN2O5. The molecule has 0 saturated carbocycles. The first-order valence-electron chi connectivity index (χ1n) is 8.70. The minimum Gasteiger partial charge on any atom is -0.467 e. The van der Waals surface area contributed by atoms with Crippen LogP contribution in [0.25, 0.3) is 11.5 Å². The molecule has 0 spiro atoms. The van der Waals surface area contributed by atoms with Crippen LogP contribution in [-0.2, 0) is 9.53 Å². The van der Waals surface area contributed by atoms with Crippen LogP contribution in [-0.4, -0.2) is 53.2 Å². The summed E-state index contributed by atoms with van der Waals surface area (Å²) in [4.78, 5) is 30.0. The van der Waals surface area contributed by atoms with Crippen molar-refractivity contribution in [2.75, 3.05) is 20.2 Å². The Kier molecular flexibility index (Phi) is 5.55. The van der Waals surface area contributed by atoms with Gasteiger partial charge in [0.05, 0.1) is 12.7 Å². The van der Waals surface area contributed by atoms with Gasteiger partial charge >= 0.3 is 5.97 Å². The highest BCUT2D eigenvalue weighted by molar-refractivity contribution is 5.93. The van der Waals surface area contributed by atoms with E-state index in [1.807, 2.05) is 0 Å². The number of hydrogen-bond acceptors (Lipinski definition) is 6. The lowest BCUT2D eigenvalue weighted by molar-refractivity contribution is -0.154. The maximum atomic E-state index is 13.9. The zero-order chi connectivity index (χ0) is 19.6. The second-order valence-corrected chi connectivity index (χ2v) is 6.50. The number of likely N-dealkylation sites (tertiary alicyclic amines) is 1. The summed E-state index contributed by atoms with van der Waals surface area (Å²) in [5, 5.41) is 9.94. The Morgan fingerprint density at radius 2 is 2.00 bits per heavy atom. The zero-order valence-electron chi connectivity index (χ0n) is 15.1. The van der Waals surface area contributed by atoms with E-state index in [1.54, 1.807) is 24.0 Å². The molecule has 1 aromatic heterocycles. The summed E-state index contributed by atoms with van der Waals surface area (Å²) in [7, 11) is 1.23. The van der Waals surface area contributed by atoms with Crippen molar-refractivity contribution in [3.63, 3.8) is 0 Å². The van der Waals surface area contributed by atoms with Crippen LogP contribution in [0.3, 0.4) is 0 Å². The van der Waals surface area contributed by atoms with E-state index in [0.717, 1.165) is 0 Å². The van der Waals surface area contributed by atoms with E-state index in [-0.39, 0.29) is 29.0 Å². The number of carbonyl (C=O) groups excluding carboxylic acids is 2. The highest BCUT2D eigenvalue weighted by atomic mass is 19.1. The molecule has 1 atom stereocenters. The van der Waals surface area contributed by atoms with E-state index in [2.05, 4.69) is 9.72 Å². The second-order valence-electron chi connectivity index (χ2n) is 6.50. The van der Waals surface area contributed by atoms with Gasteiger partial charge in [0, 0.05) is 13.1 Å². The van der Waals surface area contributed by atoms with Gasteiger partial charge < -0.3 is 19.2 Å². The van der Waals surface area contributed by atoms with Crippen molar-refractivity contribution in [1.29, 1.82) is 0 Å². The molecule has 27 heavy (non-hydrogen) atoms. The zero-order valence-corrected chi connectivity index (χ0v) is 15.1. The number of ether oxygens (including phenoxy) is 1. The molecule has 2 aromatic rings. The van der Waals surface area contributed by atoms with Crippen molar-refractivity contribution in [2.45, 2.75) is 25.9 Å². The van der Waals surface area contributed by atoms with Gasteiger partial charge in [0.15, 0.2) is 11.8 Å². The molecule has 0 bridgehead atoms. The number of hydrogen-bond donors (Lipinski definition) is 1. The van der Waals surface area contributed by atoms with Crippen LogP contribution in [0.2, 0.25) is 0 Å². The quantitative estimate of drug-likeness (QED) is 0.822. The molecule has 8 heteroatoms. The molecule has 144 valence electrons. The number of benzene rings is 1. The summed E-state index contributed by atoms with van der Waals surface area (Å²) in [6.45, 7) is 2.36. The molecule has 1 aliphatic rings. The number of halogens is 1. The smallest absolute Gasteiger partial charge is 0.334 e. The summed E-state index contributed by atoms with van der Waals surface area (Å²) in [6, 6.07) is 6.06. The monoisotopic (exact) mass is 376 g/mol. The van der Waals surface area contributed by atoms with Crippen LogP contribution in [0, 0.1) is 18.7 Å². The molecule has 1 fully saturated rings. The first kappa shape index (κ1) is 19.0. The average molecular weight is 376 g/mol. The standard InChI is InChI=1S/C19H21FN2O5/c1-11-15(21-17(27-11)13-5-3-4-6-14(13)20)18(24)22-9-7-12(8-10-22)16(23)19(25)26-2/h3-6,12,16,23H,7-10H2,1-2H3/t16-/m0/s1. The number of oxazole rings is 1. The number of aryl methyl sites for hydroxylation is 1. The van der Waals surface area contributed by atoms with Crippen molar-refractivity contribution in [3.05, 3.63) is 41.5 Å². The summed E-state index contributed by atoms with van der Waals surface area (Å²) in [5.41, 5.74) is 0.333. The normalized spacial score (nSPS) is 16.2. The largest absolute Gasteiger partial charge is 0.467 e. The highest BCUT2D eigenvalue weighted by Gasteiger charge is 2.33. The van der Waals surface area contributed by atoms with E-state index in [0.29, 0.717) is 31.7 Å². The predicted molar refractivity (Wildman–Crippen MR) is 93.3 cm³/mol. The molecule has 0 aliphatic carbocycles. The summed E-state index contributed by atoms with van der Waals surface area (Å²) < 4.78 is 24.0. The predicted octanol–water partition coefficient (Wildman–Crippen LogP) is 2.18. The average Bonchev–Trinajstić information content (AvgIpc) is 3.08. The minimum absolute atomic E-state index is 0.0601. The van der Waals surface area contributed by atoms with Crippen molar-refractivity contribution in [1.82, 2.24) is 9.88 Å². The fourth-order valence-electron chi connectivity index (χ4n) is 3.23. The van der Waals surface area contributed by atoms with Gasteiger partial charge in [-0.3, -0.25) is 4.79 Å². The molecule has 1 saturated heterocycles. The van der Waals surface area contributed by atoms with Gasteiger partial charge in [-0.1, -0.05) is 12.1 Å². The second kappa shape index (κ2) is 7.87. The topological polar surface area (TPSA) is 92.9 Å². The molecule has 0 radical (unpaired) electrons. The molecule has 1 aliphatic heterocycles. The Morgan fingerprint density at radius 3 is 2.63 bits per heavy atom. The number of nitrogens with zero attached hydrogens (tertiary/aromatic N) is 2. The van der Waals surface area contributed by atoms with E-state index in [4.69, 9.17) is 4.42 Å². The lowest BCUT2D eigenvalue weighted by atomic mass is 9.91. The van der Waals surface area contributed by atoms with Gasteiger partial charge in [0.2, 0.25) is 5.89 Å². The van der Waals surface area contributed by atoms with Gasteiger partial charge in [-0.2, -0.15) is 0 Å². The SMILES string of the molecule is COC(=O)[C@@H](O)C1CCN(C(=O)c2nc(-c3ccccc3F)oc2C)CC1. The number of carbonyl (C=O) groups is 2. The third-order valence-electron chi connectivity index (χ3n) is 4.82. The number of esters is 1. The summed E-state index contributed by atoms with van der Waals surface area (Å²) in [5.74, 6) is -1.34. The molecule has 2 heterocycles. The van der Waals surface area contributed by atoms with Crippen LogP contribution < -0.4 is 0 Å². The van der Waals surface area contributed by atoms with Crippen LogP contribution >= 0.6 is 0 Å². The van der Waals surface area contributed by atoms with Gasteiger partial charge in [-0.15, -0.1) is 0 Å². The highest BCUT2D eigenvalue weighted by Crippen LogP contribution is 2.27. The van der Waals surface area contributed by atoms with E-state index in [1.165, 1.54) is 19.2 Å². The van der Waals surface area contributed by atoms with Crippen molar-refractivity contribution >= 4 is 11.9 Å². The molecule has 1 N–H and O–H groups in total. The van der Waals surface area contributed by atoms with Gasteiger partial charge in [-0.25, -0.2) is 14.2 Å². The summed E-state index contributed by atoms with van der Waals surface area (Å²) >= 11 is 0. The number of aromatic nitrogens is 1. The van der Waals surface area contributed by atoms with Gasteiger partial charge in [-0.05, 0) is 37.8 Å². The van der Waals surface area contributed by atoms with Crippen LogP contribution in [0.4, 0.5) is 4.39 Å². The Balaban J connectivity index is 1.71. The van der Waals surface area contributed by atoms with Crippen LogP contribution in [0.5, 0.6) is 0 Å². The third-order valence-corrected chi connectivity index (χ3v) is 4.82. The number of aliphatic hydroxyl groups excluding tert-OH is 1. The number of piperidine rings is 1. The first-order valence-corrected chi connectivity index (χ1v) is 8.70. The Labute approximate surface area is 155 Å².